The predicted molar refractivity (Wildman–Crippen MR) is 63.8 cm³/mol. The molecule has 6 heteroatoms. The van der Waals surface area contributed by atoms with Gasteiger partial charge in [-0.05, 0) is 19.1 Å². The zero-order valence-electron chi connectivity index (χ0n) is 10.8. The molecule has 1 rings (SSSR count). The second kappa shape index (κ2) is 5.59. The molecule has 0 aromatic carbocycles. The third-order valence-corrected chi connectivity index (χ3v) is 2.79. The summed E-state index contributed by atoms with van der Waals surface area (Å²) < 4.78 is 9.73. The quantitative estimate of drug-likeness (QED) is 0.582. The summed E-state index contributed by atoms with van der Waals surface area (Å²) >= 11 is 0. The molecule has 1 aromatic heterocycles. The molecule has 0 saturated heterocycles. The Morgan fingerprint density at radius 2 is 2.00 bits per heavy atom. The van der Waals surface area contributed by atoms with E-state index in [1.807, 2.05) is 0 Å². The molecule has 0 fully saturated rings. The van der Waals surface area contributed by atoms with E-state index in [1.54, 1.807) is 18.2 Å². The first-order valence-electron chi connectivity index (χ1n) is 5.30. The van der Waals surface area contributed by atoms with Crippen LogP contribution in [0.25, 0.3) is 0 Å². The van der Waals surface area contributed by atoms with Crippen molar-refractivity contribution in [2.45, 2.75) is 12.6 Å². The SMILES string of the molecule is COC(=O)C(C)(OC)N(C)C(=O)c1ccccn1. The highest BCUT2D eigenvalue weighted by molar-refractivity contribution is 5.95. The lowest BCUT2D eigenvalue weighted by Crippen LogP contribution is -2.55. The number of rotatable bonds is 4. The highest BCUT2D eigenvalue weighted by Crippen LogP contribution is 2.18. The van der Waals surface area contributed by atoms with E-state index in [0.717, 1.165) is 4.90 Å². The first-order chi connectivity index (χ1) is 8.47. The molecule has 0 N–H and O–H groups in total. The van der Waals surface area contributed by atoms with Gasteiger partial charge in [-0.2, -0.15) is 0 Å². The van der Waals surface area contributed by atoms with Crippen molar-refractivity contribution in [3.8, 4) is 0 Å². The zero-order valence-corrected chi connectivity index (χ0v) is 10.8. The standard InChI is InChI=1S/C12H16N2O4/c1-12(18-4,11(16)17-3)14(2)10(15)9-7-5-6-8-13-9/h5-8H,1-4H3. The Kier molecular flexibility index (Phi) is 4.38. The molecule has 0 aliphatic rings. The monoisotopic (exact) mass is 252 g/mol. The van der Waals surface area contributed by atoms with Gasteiger partial charge >= 0.3 is 5.97 Å². The minimum absolute atomic E-state index is 0.229. The third kappa shape index (κ3) is 2.48. The van der Waals surface area contributed by atoms with Crippen LogP contribution in [-0.2, 0) is 14.3 Å². The number of hydrogen-bond acceptors (Lipinski definition) is 5. The van der Waals surface area contributed by atoms with Crippen molar-refractivity contribution in [2.75, 3.05) is 21.3 Å². The number of likely N-dealkylation sites (N-methyl/N-ethyl adjacent to an activating group) is 1. The Labute approximate surface area is 106 Å². The van der Waals surface area contributed by atoms with E-state index in [2.05, 4.69) is 9.72 Å². The highest BCUT2D eigenvalue weighted by Gasteiger charge is 2.42. The summed E-state index contributed by atoms with van der Waals surface area (Å²) in [5.41, 5.74) is -1.25. The van der Waals surface area contributed by atoms with Crippen molar-refractivity contribution in [1.82, 2.24) is 9.88 Å². The van der Waals surface area contributed by atoms with Crippen LogP contribution < -0.4 is 0 Å². The number of pyridine rings is 1. The van der Waals surface area contributed by atoms with Crippen LogP contribution in [0, 0.1) is 0 Å². The number of aromatic nitrogens is 1. The van der Waals surface area contributed by atoms with E-state index in [0.29, 0.717) is 0 Å². The van der Waals surface area contributed by atoms with Crippen LogP contribution in [0.4, 0.5) is 0 Å². The van der Waals surface area contributed by atoms with Crippen molar-refractivity contribution in [3.05, 3.63) is 30.1 Å². The van der Waals surface area contributed by atoms with Crippen molar-refractivity contribution in [1.29, 1.82) is 0 Å². The van der Waals surface area contributed by atoms with Crippen LogP contribution in [0.5, 0.6) is 0 Å². The summed E-state index contributed by atoms with van der Waals surface area (Å²) in [6.45, 7) is 1.46. The van der Waals surface area contributed by atoms with E-state index < -0.39 is 17.6 Å². The smallest absolute Gasteiger partial charge is 0.359 e. The van der Waals surface area contributed by atoms with E-state index in [9.17, 15) is 9.59 Å². The third-order valence-electron chi connectivity index (χ3n) is 2.79. The summed E-state index contributed by atoms with van der Waals surface area (Å²) in [5, 5.41) is 0. The molecule has 0 aliphatic carbocycles. The Bertz CT molecular complexity index is 435. The van der Waals surface area contributed by atoms with Crippen LogP contribution >= 0.6 is 0 Å². The van der Waals surface area contributed by atoms with Crippen molar-refractivity contribution in [3.63, 3.8) is 0 Å². The van der Waals surface area contributed by atoms with Crippen LogP contribution in [0.2, 0.25) is 0 Å². The summed E-state index contributed by atoms with van der Waals surface area (Å²) in [6, 6.07) is 4.95. The molecule has 0 bridgehead atoms. The van der Waals surface area contributed by atoms with Crippen molar-refractivity contribution >= 4 is 11.9 Å². The summed E-state index contributed by atoms with van der Waals surface area (Å²) in [5.74, 6) is -1.08. The number of amides is 1. The highest BCUT2D eigenvalue weighted by atomic mass is 16.6. The summed E-state index contributed by atoms with van der Waals surface area (Å²) in [7, 11) is 4.02. The molecule has 1 atom stereocenters. The molecule has 98 valence electrons. The van der Waals surface area contributed by atoms with Gasteiger partial charge in [0.2, 0.25) is 5.72 Å². The van der Waals surface area contributed by atoms with Gasteiger partial charge in [0.25, 0.3) is 5.91 Å². The number of carbonyl (C=O) groups is 2. The van der Waals surface area contributed by atoms with E-state index in [-0.39, 0.29) is 5.69 Å². The first kappa shape index (κ1) is 14.1. The zero-order chi connectivity index (χ0) is 13.8. The van der Waals surface area contributed by atoms with Crippen LogP contribution in [0.3, 0.4) is 0 Å². The topological polar surface area (TPSA) is 68.7 Å². The average molecular weight is 252 g/mol. The summed E-state index contributed by atoms with van der Waals surface area (Å²) in [6.07, 6.45) is 1.50. The molecule has 0 spiro atoms. The van der Waals surface area contributed by atoms with Gasteiger partial charge in [-0.3, -0.25) is 9.78 Å². The lowest BCUT2D eigenvalue weighted by molar-refractivity contribution is -0.180. The van der Waals surface area contributed by atoms with E-state index >= 15 is 0 Å². The van der Waals surface area contributed by atoms with Crippen molar-refractivity contribution in [2.24, 2.45) is 0 Å². The second-order valence-corrected chi connectivity index (χ2v) is 3.76. The largest absolute Gasteiger partial charge is 0.465 e. The van der Waals surface area contributed by atoms with Gasteiger partial charge in [0.1, 0.15) is 5.69 Å². The number of ether oxygens (including phenoxy) is 2. The molecule has 0 saturated carbocycles. The Balaban J connectivity index is 3.02. The van der Waals surface area contributed by atoms with E-state index in [4.69, 9.17) is 4.74 Å². The molecule has 6 nitrogen and oxygen atoms in total. The lowest BCUT2D eigenvalue weighted by atomic mass is 10.2. The van der Waals surface area contributed by atoms with Crippen LogP contribution in [0.1, 0.15) is 17.4 Å². The molecule has 1 aromatic rings. The van der Waals surface area contributed by atoms with E-state index in [1.165, 1.54) is 34.4 Å². The predicted octanol–water partition coefficient (Wildman–Crippen LogP) is 0.689. The normalized spacial score (nSPS) is 13.6. The maximum atomic E-state index is 12.1. The maximum Gasteiger partial charge on any atom is 0.359 e. The number of nitrogens with zero attached hydrogens (tertiary/aromatic N) is 2. The van der Waals surface area contributed by atoms with Gasteiger partial charge < -0.3 is 14.4 Å². The fourth-order valence-electron chi connectivity index (χ4n) is 1.40. The Morgan fingerprint density at radius 3 is 2.44 bits per heavy atom. The fourth-order valence-corrected chi connectivity index (χ4v) is 1.40. The van der Waals surface area contributed by atoms with Crippen LogP contribution in [-0.4, -0.2) is 48.8 Å². The summed E-state index contributed by atoms with van der Waals surface area (Å²) in [4.78, 5) is 28.9. The van der Waals surface area contributed by atoms with Gasteiger partial charge in [0.05, 0.1) is 7.11 Å². The number of hydrogen-bond donors (Lipinski definition) is 0. The molecule has 1 heterocycles. The molecular weight excluding hydrogens is 236 g/mol. The second-order valence-electron chi connectivity index (χ2n) is 3.76. The molecule has 1 unspecified atom stereocenters. The number of carbonyl (C=O) groups excluding carboxylic acids is 2. The molecular formula is C12H16N2O4. The lowest BCUT2D eigenvalue weighted by Gasteiger charge is -2.34. The average Bonchev–Trinajstić information content (AvgIpc) is 2.44. The molecule has 0 aliphatic heterocycles. The molecule has 18 heavy (non-hydrogen) atoms. The molecule has 0 radical (unpaired) electrons. The first-order valence-corrected chi connectivity index (χ1v) is 5.30. The number of esters is 1. The van der Waals surface area contributed by atoms with Crippen LogP contribution in [0.15, 0.2) is 24.4 Å². The minimum atomic E-state index is -1.48. The molecule has 1 amide bonds. The maximum absolute atomic E-state index is 12.1. The van der Waals surface area contributed by atoms with Gasteiger partial charge in [-0.25, -0.2) is 4.79 Å². The van der Waals surface area contributed by atoms with Gasteiger partial charge in [-0.1, -0.05) is 6.07 Å². The van der Waals surface area contributed by atoms with Gasteiger partial charge in [-0.15, -0.1) is 0 Å². The Hall–Kier alpha value is -1.95. The van der Waals surface area contributed by atoms with Gasteiger partial charge in [0.15, 0.2) is 0 Å². The Morgan fingerprint density at radius 1 is 1.33 bits per heavy atom. The van der Waals surface area contributed by atoms with Gasteiger partial charge in [0, 0.05) is 20.4 Å². The fraction of sp³-hybridized carbons (Fsp3) is 0.417. The van der Waals surface area contributed by atoms with Crippen molar-refractivity contribution < 1.29 is 19.1 Å². The number of methoxy groups -OCH3 is 2. The minimum Gasteiger partial charge on any atom is -0.465 e.